The lowest BCUT2D eigenvalue weighted by atomic mass is 9.64. The summed E-state index contributed by atoms with van der Waals surface area (Å²) in [4.78, 5) is 24.0. The zero-order valence-corrected chi connectivity index (χ0v) is 15.4. The molecule has 28 heavy (non-hydrogen) atoms. The molecular weight excluding hydrogens is 360 g/mol. The van der Waals surface area contributed by atoms with Gasteiger partial charge in [-0.2, -0.15) is 5.16 Å². The summed E-state index contributed by atoms with van der Waals surface area (Å²) in [5.41, 5.74) is 1.43. The first kappa shape index (κ1) is 17.0. The SMILES string of the molecule is CC1(c2ccnc(OC3CC3)c2)CC(Oc2cnc(-c3cc(=O)[nH]o3)cn2)C1. The molecule has 1 N–H and O–H groups in total. The van der Waals surface area contributed by atoms with Crippen molar-refractivity contribution in [3.05, 3.63) is 52.7 Å². The van der Waals surface area contributed by atoms with E-state index < -0.39 is 0 Å². The fourth-order valence-electron chi connectivity index (χ4n) is 3.55. The van der Waals surface area contributed by atoms with E-state index in [1.165, 1.54) is 17.8 Å². The zero-order valence-electron chi connectivity index (χ0n) is 15.4. The van der Waals surface area contributed by atoms with Gasteiger partial charge in [0.25, 0.3) is 5.56 Å². The van der Waals surface area contributed by atoms with Crippen molar-refractivity contribution < 1.29 is 14.0 Å². The molecule has 2 aliphatic carbocycles. The predicted octanol–water partition coefficient (Wildman–Crippen LogP) is 2.86. The number of hydrogen-bond donors (Lipinski definition) is 1. The van der Waals surface area contributed by atoms with E-state index >= 15 is 0 Å². The van der Waals surface area contributed by atoms with Crippen molar-refractivity contribution in [2.75, 3.05) is 0 Å². The highest BCUT2D eigenvalue weighted by atomic mass is 16.5. The van der Waals surface area contributed by atoms with Crippen molar-refractivity contribution in [2.45, 2.75) is 50.2 Å². The molecular formula is C20H20N4O4. The van der Waals surface area contributed by atoms with Crippen molar-refractivity contribution >= 4 is 0 Å². The molecule has 5 rings (SSSR count). The van der Waals surface area contributed by atoms with Crippen LogP contribution in [0.4, 0.5) is 0 Å². The van der Waals surface area contributed by atoms with E-state index in [1.54, 1.807) is 6.20 Å². The fraction of sp³-hybridized carbons (Fsp3) is 0.400. The standard InChI is InChI=1S/C20H20N4O4/c1-20(12-4-5-21-18(6-12)26-13-2-3-13)8-14(9-20)27-19-11-22-15(10-23-19)16-7-17(25)24-28-16/h4-7,10-11,13-14H,2-3,8-9H2,1H3,(H,24,25). The maximum absolute atomic E-state index is 11.1. The Hall–Kier alpha value is -3.16. The van der Waals surface area contributed by atoms with Crippen LogP contribution in [0.2, 0.25) is 0 Å². The number of ether oxygens (including phenoxy) is 2. The molecule has 2 aliphatic rings. The van der Waals surface area contributed by atoms with Crippen molar-refractivity contribution in [1.29, 1.82) is 0 Å². The molecule has 0 radical (unpaired) electrons. The van der Waals surface area contributed by atoms with Crippen molar-refractivity contribution in [3.8, 4) is 23.2 Å². The second-order valence-corrected chi connectivity index (χ2v) is 7.73. The molecule has 0 bridgehead atoms. The van der Waals surface area contributed by atoms with Crippen molar-refractivity contribution in [1.82, 2.24) is 20.1 Å². The number of aromatic amines is 1. The Labute approximate surface area is 160 Å². The summed E-state index contributed by atoms with van der Waals surface area (Å²) >= 11 is 0. The van der Waals surface area contributed by atoms with Gasteiger partial charge in [-0.15, -0.1) is 0 Å². The highest BCUT2D eigenvalue weighted by Crippen LogP contribution is 2.45. The van der Waals surface area contributed by atoms with Gasteiger partial charge in [-0.25, -0.2) is 15.0 Å². The summed E-state index contributed by atoms with van der Waals surface area (Å²) in [6.07, 6.45) is 9.33. The summed E-state index contributed by atoms with van der Waals surface area (Å²) in [5, 5.41) is 2.23. The van der Waals surface area contributed by atoms with Crippen LogP contribution in [-0.2, 0) is 5.41 Å². The number of pyridine rings is 1. The summed E-state index contributed by atoms with van der Waals surface area (Å²) < 4.78 is 16.8. The van der Waals surface area contributed by atoms with Crippen LogP contribution >= 0.6 is 0 Å². The minimum atomic E-state index is -0.312. The molecule has 2 fully saturated rings. The van der Waals surface area contributed by atoms with E-state index in [1.807, 2.05) is 12.3 Å². The lowest BCUT2D eigenvalue weighted by molar-refractivity contribution is 0.0439. The molecule has 0 spiro atoms. The lowest BCUT2D eigenvalue weighted by Crippen LogP contribution is -2.45. The molecule has 0 unspecified atom stereocenters. The number of nitrogens with zero attached hydrogens (tertiary/aromatic N) is 3. The third kappa shape index (κ3) is 3.37. The Morgan fingerprint density at radius 1 is 1.07 bits per heavy atom. The van der Waals surface area contributed by atoms with Crippen LogP contribution < -0.4 is 15.0 Å². The molecule has 3 aromatic heterocycles. The van der Waals surface area contributed by atoms with Crippen LogP contribution in [0.1, 0.15) is 38.2 Å². The third-order valence-corrected chi connectivity index (χ3v) is 5.29. The number of H-pyrrole nitrogens is 1. The Balaban J connectivity index is 1.21. The molecule has 0 saturated heterocycles. The van der Waals surface area contributed by atoms with Crippen LogP contribution in [0.3, 0.4) is 0 Å². The third-order valence-electron chi connectivity index (χ3n) is 5.29. The minimum Gasteiger partial charge on any atom is -0.474 e. The van der Waals surface area contributed by atoms with Gasteiger partial charge in [-0.1, -0.05) is 6.92 Å². The van der Waals surface area contributed by atoms with Crippen LogP contribution in [0, 0.1) is 0 Å². The van der Waals surface area contributed by atoms with Gasteiger partial charge >= 0.3 is 0 Å². The lowest BCUT2D eigenvalue weighted by Gasteiger charge is -2.45. The Bertz CT molecular complexity index is 1030. The Morgan fingerprint density at radius 2 is 1.89 bits per heavy atom. The van der Waals surface area contributed by atoms with Crippen LogP contribution in [-0.4, -0.2) is 32.3 Å². The highest BCUT2D eigenvalue weighted by Gasteiger charge is 2.43. The molecule has 2 saturated carbocycles. The summed E-state index contributed by atoms with van der Waals surface area (Å²) in [5.74, 6) is 1.52. The molecule has 0 atom stereocenters. The van der Waals surface area contributed by atoms with Crippen LogP contribution in [0.15, 0.2) is 46.1 Å². The number of aromatic nitrogens is 4. The van der Waals surface area contributed by atoms with Gasteiger partial charge in [-0.3, -0.25) is 4.79 Å². The summed E-state index contributed by atoms with van der Waals surface area (Å²) in [6.45, 7) is 2.23. The van der Waals surface area contributed by atoms with Gasteiger partial charge in [0.15, 0.2) is 5.76 Å². The van der Waals surface area contributed by atoms with Gasteiger partial charge in [0.2, 0.25) is 11.8 Å². The second kappa shape index (κ2) is 6.47. The Kier molecular flexibility index (Phi) is 3.92. The van der Waals surface area contributed by atoms with Gasteiger partial charge in [-0.05, 0) is 42.7 Å². The minimum absolute atomic E-state index is 0.0389. The van der Waals surface area contributed by atoms with E-state index in [0.717, 1.165) is 25.7 Å². The number of nitrogens with one attached hydrogen (secondary N) is 1. The highest BCUT2D eigenvalue weighted by molar-refractivity contribution is 5.49. The van der Waals surface area contributed by atoms with E-state index in [9.17, 15) is 4.79 Å². The smallest absolute Gasteiger partial charge is 0.280 e. The van der Waals surface area contributed by atoms with Gasteiger partial charge in [0, 0.05) is 12.3 Å². The first-order chi connectivity index (χ1) is 13.6. The van der Waals surface area contributed by atoms with Gasteiger partial charge in [0.05, 0.1) is 18.5 Å². The number of rotatable bonds is 6. The first-order valence-corrected chi connectivity index (χ1v) is 9.38. The average molecular weight is 380 g/mol. The fourth-order valence-corrected chi connectivity index (χ4v) is 3.55. The molecule has 0 aliphatic heterocycles. The van der Waals surface area contributed by atoms with E-state index in [2.05, 4.69) is 33.1 Å². The van der Waals surface area contributed by atoms with Crippen molar-refractivity contribution in [2.24, 2.45) is 0 Å². The number of hydrogen-bond acceptors (Lipinski definition) is 7. The molecule has 3 heterocycles. The molecule has 8 heteroatoms. The summed E-state index contributed by atoms with van der Waals surface area (Å²) in [6, 6.07) is 5.43. The Morgan fingerprint density at radius 3 is 2.57 bits per heavy atom. The largest absolute Gasteiger partial charge is 0.474 e. The molecule has 8 nitrogen and oxygen atoms in total. The van der Waals surface area contributed by atoms with Crippen LogP contribution in [0.5, 0.6) is 11.8 Å². The molecule has 144 valence electrons. The van der Waals surface area contributed by atoms with E-state index in [0.29, 0.717) is 29.3 Å². The monoisotopic (exact) mass is 380 g/mol. The van der Waals surface area contributed by atoms with E-state index in [4.69, 9.17) is 14.0 Å². The topological polar surface area (TPSA) is 103 Å². The molecule has 0 amide bonds. The average Bonchev–Trinajstić information content (AvgIpc) is 3.38. The zero-order chi connectivity index (χ0) is 19.1. The van der Waals surface area contributed by atoms with Crippen LogP contribution in [0.25, 0.3) is 11.5 Å². The van der Waals surface area contributed by atoms with Crippen molar-refractivity contribution in [3.63, 3.8) is 0 Å². The quantitative estimate of drug-likeness (QED) is 0.701. The maximum Gasteiger partial charge on any atom is 0.280 e. The molecule has 3 aromatic rings. The second-order valence-electron chi connectivity index (χ2n) is 7.73. The maximum atomic E-state index is 11.1. The van der Waals surface area contributed by atoms with Gasteiger partial charge in [0.1, 0.15) is 17.9 Å². The van der Waals surface area contributed by atoms with Gasteiger partial charge < -0.3 is 14.0 Å². The first-order valence-electron chi connectivity index (χ1n) is 9.38. The normalized spacial score (nSPS) is 23.8. The summed E-state index contributed by atoms with van der Waals surface area (Å²) in [7, 11) is 0. The predicted molar refractivity (Wildman–Crippen MR) is 99.2 cm³/mol. The molecule has 0 aromatic carbocycles. The van der Waals surface area contributed by atoms with E-state index in [-0.39, 0.29) is 17.1 Å².